The molecule has 2 aromatic carbocycles. The maximum Gasteiger partial charge on any atom is 0.0717 e. The van der Waals surface area contributed by atoms with Crippen LogP contribution in [0.5, 0.6) is 0 Å². The fourth-order valence-corrected chi connectivity index (χ4v) is 2.97. The topological polar surface area (TPSA) is 38.7 Å². The van der Waals surface area contributed by atoms with E-state index in [1.54, 1.807) is 0 Å². The maximum atomic E-state index is 4.82. The van der Waals surface area contributed by atoms with Gasteiger partial charge in [0.15, 0.2) is 0 Å². The van der Waals surface area contributed by atoms with E-state index in [2.05, 4.69) is 52.4 Å². The third-order valence-electron chi connectivity index (χ3n) is 4.05. The second kappa shape index (κ2) is 4.21. The van der Waals surface area contributed by atoms with Crippen LogP contribution in [0.3, 0.4) is 0 Å². The van der Waals surface area contributed by atoms with E-state index in [-0.39, 0.29) is 0 Å². The summed E-state index contributed by atoms with van der Waals surface area (Å²) in [5, 5.41) is 4.44. The summed E-state index contributed by atoms with van der Waals surface area (Å²) in [5.74, 6) is 0. The van der Waals surface area contributed by atoms with Gasteiger partial charge >= 0.3 is 0 Å². The third-order valence-corrected chi connectivity index (χ3v) is 4.05. The minimum Gasteiger partial charge on any atom is -0.256 e. The number of hydrogen-bond donors (Lipinski definition) is 0. The molecule has 0 fully saturated rings. The molecule has 22 heavy (non-hydrogen) atoms. The SMILES string of the molecule is c1cnc2cc3cc4cc5ncccc5cc4nc3cc2c1. The van der Waals surface area contributed by atoms with Gasteiger partial charge in [-0.25, -0.2) is 4.98 Å². The molecule has 0 spiro atoms. The van der Waals surface area contributed by atoms with E-state index < -0.39 is 0 Å². The van der Waals surface area contributed by atoms with Gasteiger partial charge in [-0.3, -0.25) is 9.97 Å². The Kier molecular flexibility index (Phi) is 2.22. The Labute approximate surface area is 126 Å². The first-order valence-electron chi connectivity index (χ1n) is 7.21. The second-order valence-corrected chi connectivity index (χ2v) is 5.47. The zero-order valence-electron chi connectivity index (χ0n) is 11.7. The van der Waals surface area contributed by atoms with Crippen LogP contribution in [-0.2, 0) is 0 Å². The van der Waals surface area contributed by atoms with Crippen molar-refractivity contribution in [3.05, 3.63) is 67.0 Å². The quantitative estimate of drug-likeness (QED) is 0.393. The maximum absolute atomic E-state index is 4.82. The van der Waals surface area contributed by atoms with E-state index in [0.29, 0.717) is 0 Å². The predicted molar refractivity (Wildman–Crippen MR) is 89.9 cm³/mol. The van der Waals surface area contributed by atoms with Gasteiger partial charge in [-0.15, -0.1) is 0 Å². The van der Waals surface area contributed by atoms with Crippen LogP contribution in [0.1, 0.15) is 0 Å². The summed E-state index contributed by atoms with van der Waals surface area (Å²) in [7, 11) is 0. The van der Waals surface area contributed by atoms with Gasteiger partial charge in [0.05, 0.1) is 22.1 Å². The Bertz CT molecular complexity index is 995. The van der Waals surface area contributed by atoms with Crippen molar-refractivity contribution in [2.75, 3.05) is 0 Å². The monoisotopic (exact) mass is 281 g/mol. The van der Waals surface area contributed by atoms with Crippen molar-refractivity contribution in [2.24, 2.45) is 0 Å². The largest absolute Gasteiger partial charge is 0.256 e. The molecular weight excluding hydrogens is 270 g/mol. The number of aromatic nitrogens is 3. The van der Waals surface area contributed by atoms with Crippen LogP contribution in [0.15, 0.2) is 67.0 Å². The van der Waals surface area contributed by atoms with Crippen molar-refractivity contribution in [3.8, 4) is 0 Å². The molecule has 3 heteroatoms. The van der Waals surface area contributed by atoms with Crippen LogP contribution < -0.4 is 0 Å². The Balaban J connectivity index is 1.93. The zero-order valence-corrected chi connectivity index (χ0v) is 11.7. The lowest BCUT2D eigenvalue weighted by molar-refractivity contribution is 1.41. The Morgan fingerprint density at radius 2 is 1.00 bits per heavy atom. The number of pyridine rings is 3. The lowest BCUT2D eigenvalue weighted by Crippen LogP contribution is -1.86. The molecule has 102 valence electrons. The van der Waals surface area contributed by atoms with Gasteiger partial charge in [0.1, 0.15) is 0 Å². The number of benzene rings is 2. The molecule has 0 aliphatic rings. The molecule has 5 rings (SSSR count). The van der Waals surface area contributed by atoms with E-state index >= 15 is 0 Å². The summed E-state index contributed by atoms with van der Waals surface area (Å²) in [6, 6.07) is 18.6. The molecule has 0 saturated carbocycles. The average Bonchev–Trinajstić information content (AvgIpc) is 2.56. The number of fused-ring (bicyclic) bond motifs is 4. The number of hydrogen-bond acceptors (Lipinski definition) is 3. The third kappa shape index (κ3) is 1.66. The van der Waals surface area contributed by atoms with Crippen LogP contribution in [-0.4, -0.2) is 15.0 Å². The molecular formula is C19H11N3. The number of nitrogens with zero attached hydrogens (tertiary/aromatic N) is 3. The van der Waals surface area contributed by atoms with Gasteiger partial charge in [0.25, 0.3) is 0 Å². The molecule has 0 bridgehead atoms. The summed E-state index contributed by atoms with van der Waals surface area (Å²) in [6.07, 6.45) is 3.64. The van der Waals surface area contributed by atoms with Crippen LogP contribution in [0.25, 0.3) is 43.6 Å². The Morgan fingerprint density at radius 1 is 0.500 bits per heavy atom. The molecule has 0 N–H and O–H groups in total. The zero-order chi connectivity index (χ0) is 14.5. The molecule has 3 nitrogen and oxygen atoms in total. The first kappa shape index (κ1) is 11.6. The lowest BCUT2D eigenvalue weighted by atomic mass is 10.1. The highest BCUT2D eigenvalue weighted by atomic mass is 14.7. The van der Waals surface area contributed by atoms with Gasteiger partial charge in [-0.2, -0.15) is 0 Å². The fraction of sp³-hybridized carbons (Fsp3) is 0. The molecule has 0 atom stereocenters. The van der Waals surface area contributed by atoms with Crippen LogP contribution >= 0.6 is 0 Å². The molecule has 3 aromatic heterocycles. The van der Waals surface area contributed by atoms with Crippen molar-refractivity contribution in [2.45, 2.75) is 0 Å². The highest BCUT2D eigenvalue weighted by molar-refractivity contribution is 6.03. The van der Waals surface area contributed by atoms with Crippen LogP contribution in [0.4, 0.5) is 0 Å². The Hall–Kier alpha value is -3.07. The first-order valence-corrected chi connectivity index (χ1v) is 7.21. The molecule has 0 aliphatic heterocycles. The van der Waals surface area contributed by atoms with E-state index in [1.807, 2.05) is 24.5 Å². The lowest BCUT2D eigenvalue weighted by Gasteiger charge is -2.05. The van der Waals surface area contributed by atoms with Crippen molar-refractivity contribution >= 4 is 43.6 Å². The molecule has 0 radical (unpaired) electrons. The summed E-state index contributed by atoms with van der Waals surface area (Å²) in [4.78, 5) is 13.7. The van der Waals surface area contributed by atoms with Gasteiger partial charge in [-0.05, 0) is 42.5 Å². The second-order valence-electron chi connectivity index (χ2n) is 5.47. The molecule has 0 aliphatic carbocycles. The summed E-state index contributed by atoms with van der Waals surface area (Å²) >= 11 is 0. The van der Waals surface area contributed by atoms with Crippen molar-refractivity contribution < 1.29 is 0 Å². The molecule has 0 saturated heterocycles. The molecule has 0 amide bonds. The standard InChI is InChI=1S/C19H11N3/c1-3-12-8-18-14(10-16(12)20-5-1)7-15-11-17-13(4-2-6-21-17)9-19(15)22-18/h1-11H. The highest BCUT2D eigenvalue weighted by Crippen LogP contribution is 2.26. The molecule has 0 unspecified atom stereocenters. The van der Waals surface area contributed by atoms with E-state index in [4.69, 9.17) is 4.98 Å². The van der Waals surface area contributed by atoms with Gasteiger partial charge in [-0.1, -0.05) is 12.1 Å². The van der Waals surface area contributed by atoms with Crippen LogP contribution in [0, 0.1) is 0 Å². The Morgan fingerprint density at radius 3 is 1.55 bits per heavy atom. The van der Waals surface area contributed by atoms with E-state index in [0.717, 1.165) is 43.6 Å². The molecule has 5 aromatic rings. The smallest absolute Gasteiger partial charge is 0.0717 e. The summed E-state index contributed by atoms with van der Waals surface area (Å²) in [5.41, 5.74) is 3.98. The normalized spacial score (nSPS) is 11.6. The molecule has 3 heterocycles. The van der Waals surface area contributed by atoms with Gasteiger partial charge in [0.2, 0.25) is 0 Å². The highest BCUT2D eigenvalue weighted by Gasteiger charge is 2.04. The van der Waals surface area contributed by atoms with Crippen molar-refractivity contribution in [1.82, 2.24) is 15.0 Å². The van der Waals surface area contributed by atoms with Gasteiger partial charge < -0.3 is 0 Å². The minimum absolute atomic E-state index is 0.995. The van der Waals surface area contributed by atoms with Crippen LogP contribution in [0.2, 0.25) is 0 Å². The van der Waals surface area contributed by atoms with Crippen molar-refractivity contribution in [3.63, 3.8) is 0 Å². The summed E-state index contributed by atoms with van der Waals surface area (Å²) in [6.45, 7) is 0. The van der Waals surface area contributed by atoms with Crippen molar-refractivity contribution in [1.29, 1.82) is 0 Å². The first-order chi connectivity index (χ1) is 10.9. The fourth-order valence-electron chi connectivity index (χ4n) is 2.97. The number of rotatable bonds is 0. The predicted octanol–water partition coefficient (Wildman–Crippen LogP) is 4.48. The van der Waals surface area contributed by atoms with E-state index in [9.17, 15) is 0 Å². The minimum atomic E-state index is 0.995. The summed E-state index contributed by atoms with van der Waals surface area (Å²) < 4.78 is 0. The average molecular weight is 281 g/mol. The van der Waals surface area contributed by atoms with Gasteiger partial charge in [0, 0.05) is 33.9 Å². The van der Waals surface area contributed by atoms with E-state index in [1.165, 1.54) is 0 Å².